The van der Waals surface area contributed by atoms with E-state index in [9.17, 15) is 0 Å². The maximum Gasteiger partial charge on any atom is 0.151 e. The van der Waals surface area contributed by atoms with Crippen LogP contribution in [0.5, 0.6) is 0 Å². The van der Waals surface area contributed by atoms with Crippen LogP contribution in [0, 0.1) is 0 Å². The van der Waals surface area contributed by atoms with Gasteiger partial charge in [-0.15, -0.1) is 10.2 Å². The first-order chi connectivity index (χ1) is 7.22. The Kier molecular flexibility index (Phi) is 2.90. The minimum Gasteiger partial charge on any atom is -0.324 e. The fourth-order valence-electron chi connectivity index (χ4n) is 1.28. The molecule has 0 aliphatic carbocycles. The van der Waals surface area contributed by atoms with Gasteiger partial charge in [-0.05, 0) is 18.2 Å². The summed E-state index contributed by atoms with van der Waals surface area (Å²) < 4.78 is 1.73. The molecule has 0 radical (unpaired) electrons. The molecule has 1 heterocycles. The van der Waals surface area contributed by atoms with Crippen molar-refractivity contribution in [3.05, 3.63) is 40.4 Å². The molecule has 0 unspecified atom stereocenters. The van der Waals surface area contributed by atoms with Gasteiger partial charge in [0.25, 0.3) is 0 Å². The van der Waals surface area contributed by atoms with E-state index in [-0.39, 0.29) is 0 Å². The minimum atomic E-state index is 0.305. The number of rotatable bonds is 2. The SMILES string of the molecule is NCc1nncn1-c1ccc(Cl)cc1Cl. The quantitative estimate of drug-likeness (QED) is 0.877. The number of halogens is 2. The number of hydrogen-bond acceptors (Lipinski definition) is 3. The molecule has 0 aliphatic rings. The summed E-state index contributed by atoms with van der Waals surface area (Å²) in [4.78, 5) is 0. The van der Waals surface area contributed by atoms with E-state index in [1.54, 1.807) is 29.1 Å². The molecule has 1 aromatic carbocycles. The van der Waals surface area contributed by atoms with Crippen LogP contribution in [0.1, 0.15) is 5.82 Å². The first-order valence-electron chi connectivity index (χ1n) is 4.27. The Morgan fingerprint density at radius 1 is 1.33 bits per heavy atom. The van der Waals surface area contributed by atoms with Gasteiger partial charge < -0.3 is 5.73 Å². The lowest BCUT2D eigenvalue weighted by molar-refractivity contribution is 0.860. The van der Waals surface area contributed by atoms with E-state index in [1.165, 1.54) is 0 Å². The highest BCUT2D eigenvalue weighted by atomic mass is 35.5. The average Bonchev–Trinajstić information content (AvgIpc) is 2.65. The topological polar surface area (TPSA) is 56.7 Å². The van der Waals surface area contributed by atoms with Crippen LogP contribution < -0.4 is 5.73 Å². The van der Waals surface area contributed by atoms with Gasteiger partial charge in [-0.1, -0.05) is 23.2 Å². The molecular weight excluding hydrogens is 235 g/mol. The Morgan fingerprint density at radius 2 is 2.13 bits per heavy atom. The molecule has 15 heavy (non-hydrogen) atoms. The Balaban J connectivity index is 2.54. The highest BCUT2D eigenvalue weighted by molar-refractivity contribution is 6.35. The summed E-state index contributed by atoms with van der Waals surface area (Å²) in [7, 11) is 0. The Hall–Kier alpha value is -1.10. The van der Waals surface area contributed by atoms with Gasteiger partial charge in [0.05, 0.1) is 17.3 Å². The van der Waals surface area contributed by atoms with Gasteiger partial charge in [0.15, 0.2) is 5.82 Å². The van der Waals surface area contributed by atoms with Crippen molar-refractivity contribution in [3.63, 3.8) is 0 Å². The number of benzene rings is 1. The summed E-state index contributed by atoms with van der Waals surface area (Å²) in [6.45, 7) is 0.305. The van der Waals surface area contributed by atoms with Crippen LogP contribution in [0.4, 0.5) is 0 Å². The van der Waals surface area contributed by atoms with E-state index >= 15 is 0 Å². The molecule has 0 spiro atoms. The van der Waals surface area contributed by atoms with E-state index in [2.05, 4.69) is 10.2 Å². The molecule has 6 heteroatoms. The van der Waals surface area contributed by atoms with Crippen LogP contribution >= 0.6 is 23.2 Å². The van der Waals surface area contributed by atoms with Crippen molar-refractivity contribution >= 4 is 23.2 Å². The predicted octanol–water partition coefficient (Wildman–Crippen LogP) is 2.03. The molecular formula is C9H8Cl2N4. The first-order valence-corrected chi connectivity index (χ1v) is 5.02. The second kappa shape index (κ2) is 4.18. The third kappa shape index (κ3) is 1.97. The summed E-state index contributed by atoms with van der Waals surface area (Å²) in [6, 6.07) is 5.22. The normalized spacial score (nSPS) is 10.6. The monoisotopic (exact) mass is 242 g/mol. The van der Waals surface area contributed by atoms with Gasteiger partial charge >= 0.3 is 0 Å². The lowest BCUT2D eigenvalue weighted by Crippen LogP contribution is -2.06. The third-order valence-corrected chi connectivity index (χ3v) is 2.51. The van der Waals surface area contributed by atoms with Crippen molar-refractivity contribution in [1.29, 1.82) is 0 Å². The maximum absolute atomic E-state index is 6.05. The summed E-state index contributed by atoms with van der Waals surface area (Å²) in [5.74, 6) is 0.652. The summed E-state index contributed by atoms with van der Waals surface area (Å²) >= 11 is 11.9. The summed E-state index contributed by atoms with van der Waals surface area (Å²) in [5.41, 5.74) is 6.29. The Labute approximate surface area is 96.6 Å². The van der Waals surface area contributed by atoms with E-state index in [4.69, 9.17) is 28.9 Å². The standard InChI is InChI=1S/C9H8Cl2N4/c10-6-1-2-8(7(11)3-6)15-5-13-14-9(15)4-12/h1-3,5H,4,12H2. The average molecular weight is 243 g/mol. The van der Waals surface area contributed by atoms with Crippen molar-refractivity contribution in [3.8, 4) is 5.69 Å². The van der Waals surface area contributed by atoms with Crippen LogP contribution in [0.25, 0.3) is 5.69 Å². The van der Waals surface area contributed by atoms with Gasteiger partial charge in [0.1, 0.15) is 6.33 Å². The molecule has 2 rings (SSSR count). The van der Waals surface area contributed by atoms with Crippen LogP contribution in [-0.2, 0) is 6.54 Å². The van der Waals surface area contributed by atoms with Gasteiger partial charge in [0.2, 0.25) is 0 Å². The first kappa shape index (κ1) is 10.4. The number of aromatic nitrogens is 3. The molecule has 4 nitrogen and oxygen atoms in total. The Bertz CT molecular complexity index is 481. The zero-order valence-electron chi connectivity index (χ0n) is 7.69. The molecule has 78 valence electrons. The van der Waals surface area contributed by atoms with E-state index in [0.717, 1.165) is 5.69 Å². The van der Waals surface area contributed by atoms with Gasteiger partial charge in [0, 0.05) is 5.02 Å². The van der Waals surface area contributed by atoms with Crippen molar-refractivity contribution in [2.24, 2.45) is 5.73 Å². The Morgan fingerprint density at radius 3 is 2.80 bits per heavy atom. The fourth-order valence-corrected chi connectivity index (χ4v) is 1.78. The lowest BCUT2D eigenvalue weighted by atomic mass is 10.3. The van der Waals surface area contributed by atoms with Crippen LogP contribution in [0.15, 0.2) is 24.5 Å². The molecule has 1 aromatic heterocycles. The highest BCUT2D eigenvalue weighted by Crippen LogP contribution is 2.24. The minimum absolute atomic E-state index is 0.305. The number of hydrogen-bond donors (Lipinski definition) is 1. The van der Waals surface area contributed by atoms with Crippen molar-refractivity contribution < 1.29 is 0 Å². The molecule has 2 aromatic rings. The molecule has 0 saturated carbocycles. The van der Waals surface area contributed by atoms with Crippen molar-refractivity contribution in [2.75, 3.05) is 0 Å². The van der Waals surface area contributed by atoms with E-state index < -0.39 is 0 Å². The second-order valence-corrected chi connectivity index (χ2v) is 3.76. The summed E-state index contributed by atoms with van der Waals surface area (Å²) in [6.07, 6.45) is 1.57. The fraction of sp³-hybridized carbons (Fsp3) is 0.111. The molecule has 2 N–H and O–H groups in total. The van der Waals surface area contributed by atoms with E-state index in [0.29, 0.717) is 22.4 Å². The number of nitrogens with zero attached hydrogens (tertiary/aromatic N) is 3. The van der Waals surface area contributed by atoms with Gasteiger partial charge in [-0.25, -0.2) is 0 Å². The largest absolute Gasteiger partial charge is 0.324 e. The van der Waals surface area contributed by atoms with Crippen molar-refractivity contribution in [2.45, 2.75) is 6.54 Å². The zero-order valence-corrected chi connectivity index (χ0v) is 9.20. The molecule has 0 fully saturated rings. The molecule has 0 bridgehead atoms. The second-order valence-electron chi connectivity index (χ2n) is 2.92. The van der Waals surface area contributed by atoms with Crippen LogP contribution in [0.3, 0.4) is 0 Å². The van der Waals surface area contributed by atoms with Gasteiger partial charge in [-0.2, -0.15) is 0 Å². The number of nitrogens with two attached hydrogens (primary N) is 1. The third-order valence-electron chi connectivity index (χ3n) is 1.97. The molecule has 0 amide bonds. The maximum atomic E-state index is 6.05. The zero-order chi connectivity index (χ0) is 10.8. The van der Waals surface area contributed by atoms with Gasteiger partial charge in [-0.3, -0.25) is 4.57 Å². The smallest absolute Gasteiger partial charge is 0.151 e. The summed E-state index contributed by atoms with van der Waals surface area (Å²) in [5, 5.41) is 8.77. The highest BCUT2D eigenvalue weighted by Gasteiger charge is 2.08. The van der Waals surface area contributed by atoms with E-state index in [1.807, 2.05) is 0 Å². The lowest BCUT2D eigenvalue weighted by Gasteiger charge is -2.07. The molecule has 0 atom stereocenters. The van der Waals surface area contributed by atoms with Crippen molar-refractivity contribution in [1.82, 2.24) is 14.8 Å². The molecule has 0 saturated heterocycles. The predicted molar refractivity (Wildman–Crippen MR) is 59.3 cm³/mol. The van der Waals surface area contributed by atoms with Crippen LogP contribution in [0.2, 0.25) is 10.0 Å². The van der Waals surface area contributed by atoms with Crippen LogP contribution in [-0.4, -0.2) is 14.8 Å². The molecule has 0 aliphatic heterocycles.